The van der Waals surface area contributed by atoms with Crippen LogP contribution in [0, 0.1) is 0 Å². The van der Waals surface area contributed by atoms with Crippen LogP contribution in [0.15, 0.2) is 76.6 Å². The molecule has 35 heavy (non-hydrogen) atoms. The molecule has 1 aliphatic rings. The maximum absolute atomic E-state index is 12.8. The first kappa shape index (κ1) is 24.4. The summed E-state index contributed by atoms with van der Waals surface area (Å²) in [5.41, 5.74) is 2.48. The van der Waals surface area contributed by atoms with Crippen LogP contribution in [0.1, 0.15) is 21.5 Å². The summed E-state index contributed by atoms with van der Waals surface area (Å²) in [6.07, 6.45) is 1.77. The fourth-order valence-electron chi connectivity index (χ4n) is 3.23. The average molecular weight is 509 g/mol. The summed E-state index contributed by atoms with van der Waals surface area (Å²) in [6, 6.07) is 19.0. The molecule has 7 nitrogen and oxygen atoms in total. The molecule has 0 bridgehead atoms. The normalized spacial score (nSPS) is 15.6. The number of carbonyl (C=O) groups is 2. The largest absolute Gasteiger partial charge is 0.493 e. The first-order chi connectivity index (χ1) is 16.8. The second-order valence-corrected chi connectivity index (χ2v) is 8.99. The highest BCUT2D eigenvalue weighted by Crippen LogP contribution is 2.35. The van der Waals surface area contributed by atoms with Gasteiger partial charge in [0.15, 0.2) is 16.7 Å². The van der Waals surface area contributed by atoms with Crippen LogP contribution in [0.5, 0.6) is 11.5 Å². The molecule has 0 saturated carbocycles. The molecule has 4 rings (SSSR count). The Kier molecular flexibility index (Phi) is 7.43. The van der Waals surface area contributed by atoms with Gasteiger partial charge in [-0.1, -0.05) is 29.8 Å². The first-order valence-electron chi connectivity index (χ1n) is 10.5. The highest BCUT2D eigenvalue weighted by atomic mass is 35.5. The lowest BCUT2D eigenvalue weighted by molar-refractivity contribution is -0.121. The lowest BCUT2D eigenvalue weighted by atomic mass is 10.2. The SMILES string of the molecule is COc1cc(/C=C2/SC(=Nc3ccc(C(=O)O)cc3)N(C)C2=O)ccc1OCc1ccc(Cl)cc1. The molecule has 1 saturated heterocycles. The number of rotatable bonds is 7. The van der Waals surface area contributed by atoms with Crippen molar-refractivity contribution in [2.45, 2.75) is 6.61 Å². The molecule has 1 N–H and O–H groups in total. The molecule has 3 aromatic rings. The summed E-state index contributed by atoms with van der Waals surface area (Å²) in [7, 11) is 3.21. The number of aromatic carboxylic acids is 1. The number of benzene rings is 3. The number of ether oxygens (including phenoxy) is 2. The van der Waals surface area contributed by atoms with Crippen molar-refractivity contribution < 1.29 is 24.2 Å². The minimum absolute atomic E-state index is 0.174. The lowest BCUT2D eigenvalue weighted by Crippen LogP contribution is -2.23. The van der Waals surface area contributed by atoms with Crippen LogP contribution >= 0.6 is 23.4 Å². The van der Waals surface area contributed by atoms with E-state index in [-0.39, 0.29) is 11.5 Å². The van der Waals surface area contributed by atoms with E-state index >= 15 is 0 Å². The van der Waals surface area contributed by atoms with Gasteiger partial charge in [-0.3, -0.25) is 9.69 Å². The molecule has 0 spiro atoms. The number of carboxylic acids is 1. The monoisotopic (exact) mass is 508 g/mol. The van der Waals surface area contributed by atoms with Gasteiger partial charge >= 0.3 is 5.97 Å². The Morgan fingerprint density at radius 3 is 2.46 bits per heavy atom. The van der Waals surface area contributed by atoms with Crippen molar-refractivity contribution in [2.75, 3.05) is 14.2 Å². The molecule has 3 aromatic carbocycles. The Morgan fingerprint density at radius 1 is 1.09 bits per heavy atom. The topological polar surface area (TPSA) is 88.4 Å². The number of aliphatic imine (C=N–C) groups is 1. The molecule has 1 amide bonds. The minimum Gasteiger partial charge on any atom is -0.493 e. The molecule has 1 fully saturated rings. The fraction of sp³-hybridized carbons (Fsp3) is 0.115. The Balaban J connectivity index is 1.50. The molecule has 0 aliphatic carbocycles. The molecule has 0 atom stereocenters. The first-order valence-corrected chi connectivity index (χ1v) is 11.7. The zero-order valence-electron chi connectivity index (χ0n) is 18.9. The van der Waals surface area contributed by atoms with Gasteiger partial charge in [0.2, 0.25) is 0 Å². The van der Waals surface area contributed by atoms with Crippen molar-refractivity contribution in [3.8, 4) is 11.5 Å². The molecular weight excluding hydrogens is 488 g/mol. The van der Waals surface area contributed by atoms with E-state index in [0.29, 0.717) is 38.9 Å². The summed E-state index contributed by atoms with van der Waals surface area (Å²) in [5.74, 6) is -0.0598. The summed E-state index contributed by atoms with van der Waals surface area (Å²) >= 11 is 7.17. The van der Waals surface area contributed by atoms with E-state index in [1.54, 1.807) is 44.5 Å². The van der Waals surface area contributed by atoms with Crippen LogP contribution in [-0.4, -0.2) is 41.2 Å². The highest BCUT2D eigenvalue weighted by Gasteiger charge is 2.30. The summed E-state index contributed by atoms with van der Waals surface area (Å²) < 4.78 is 11.4. The molecule has 178 valence electrons. The molecule has 1 aliphatic heterocycles. The van der Waals surface area contributed by atoms with E-state index in [0.717, 1.165) is 11.1 Å². The number of carboxylic acid groups (broad SMARTS) is 1. The van der Waals surface area contributed by atoms with E-state index in [9.17, 15) is 9.59 Å². The third-order valence-electron chi connectivity index (χ3n) is 5.14. The van der Waals surface area contributed by atoms with Crippen molar-refractivity contribution in [2.24, 2.45) is 4.99 Å². The number of carbonyl (C=O) groups excluding carboxylic acids is 1. The lowest BCUT2D eigenvalue weighted by Gasteiger charge is -2.11. The standard InChI is InChI=1S/C26H21ClN2O5S/c1-29-24(30)23(35-26(29)28-20-10-6-18(7-11-20)25(31)32)14-17-5-12-21(22(13-17)33-2)34-15-16-3-8-19(27)9-4-16/h3-14H,15H2,1-2H3,(H,31,32)/b23-14+,28-26?. The van der Waals surface area contributed by atoms with E-state index in [2.05, 4.69) is 4.99 Å². The summed E-state index contributed by atoms with van der Waals surface area (Å²) in [4.78, 5) is 30.2. The zero-order valence-corrected chi connectivity index (χ0v) is 20.5. The average Bonchev–Trinajstić information content (AvgIpc) is 3.12. The molecule has 0 unspecified atom stereocenters. The Morgan fingerprint density at radius 2 is 1.80 bits per heavy atom. The van der Waals surface area contributed by atoms with Crippen molar-refractivity contribution in [3.63, 3.8) is 0 Å². The summed E-state index contributed by atoms with van der Waals surface area (Å²) in [5, 5.41) is 10.2. The van der Waals surface area contributed by atoms with E-state index in [1.165, 1.54) is 28.8 Å². The predicted molar refractivity (Wildman–Crippen MR) is 138 cm³/mol. The van der Waals surface area contributed by atoms with Gasteiger partial charge in [0.25, 0.3) is 5.91 Å². The zero-order chi connectivity index (χ0) is 24.9. The maximum Gasteiger partial charge on any atom is 0.335 e. The summed E-state index contributed by atoms with van der Waals surface area (Å²) in [6.45, 7) is 0.361. The van der Waals surface area contributed by atoms with Gasteiger partial charge in [-0.15, -0.1) is 0 Å². The van der Waals surface area contributed by atoms with Crippen LogP contribution in [0.4, 0.5) is 5.69 Å². The molecular formula is C26H21ClN2O5S. The minimum atomic E-state index is -1.01. The van der Waals surface area contributed by atoms with Gasteiger partial charge in [-0.25, -0.2) is 9.79 Å². The van der Waals surface area contributed by atoms with Crippen LogP contribution < -0.4 is 9.47 Å². The van der Waals surface area contributed by atoms with Gasteiger partial charge in [-0.2, -0.15) is 0 Å². The number of thioether (sulfide) groups is 1. The number of methoxy groups -OCH3 is 1. The number of hydrogen-bond donors (Lipinski definition) is 1. The molecule has 9 heteroatoms. The highest BCUT2D eigenvalue weighted by molar-refractivity contribution is 8.18. The molecule has 0 aromatic heterocycles. The Labute approximate surface area is 211 Å². The number of halogens is 1. The number of amidine groups is 1. The number of nitrogens with zero attached hydrogens (tertiary/aromatic N) is 2. The second-order valence-electron chi connectivity index (χ2n) is 7.55. The predicted octanol–water partition coefficient (Wildman–Crippen LogP) is 5.86. The van der Waals surface area contributed by atoms with Crippen LogP contribution in [0.2, 0.25) is 5.02 Å². The van der Waals surface area contributed by atoms with Gasteiger partial charge < -0.3 is 14.6 Å². The third-order valence-corrected chi connectivity index (χ3v) is 6.45. The Hall–Kier alpha value is -3.75. The number of amides is 1. The third kappa shape index (κ3) is 5.85. The Bertz CT molecular complexity index is 1320. The van der Waals surface area contributed by atoms with Crippen molar-refractivity contribution >= 4 is 52.2 Å². The van der Waals surface area contributed by atoms with Crippen LogP contribution in [0.25, 0.3) is 6.08 Å². The van der Waals surface area contributed by atoms with Crippen molar-refractivity contribution in [3.05, 3.63) is 93.3 Å². The number of hydrogen-bond acceptors (Lipinski definition) is 6. The van der Waals surface area contributed by atoms with Gasteiger partial charge in [0, 0.05) is 12.1 Å². The second kappa shape index (κ2) is 10.7. The maximum atomic E-state index is 12.8. The van der Waals surface area contributed by atoms with Crippen molar-refractivity contribution in [1.29, 1.82) is 0 Å². The van der Waals surface area contributed by atoms with Gasteiger partial charge in [0.05, 0.1) is 23.3 Å². The number of likely N-dealkylation sites (N-methyl/N-ethyl adjacent to an activating group) is 1. The molecule has 0 radical (unpaired) electrons. The van der Waals surface area contributed by atoms with E-state index < -0.39 is 5.97 Å². The van der Waals surface area contributed by atoms with E-state index in [4.69, 9.17) is 26.2 Å². The van der Waals surface area contributed by atoms with Gasteiger partial charge in [-0.05, 0) is 77.5 Å². The molecule has 1 heterocycles. The van der Waals surface area contributed by atoms with Crippen LogP contribution in [0.3, 0.4) is 0 Å². The van der Waals surface area contributed by atoms with Crippen LogP contribution in [-0.2, 0) is 11.4 Å². The van der Waals surface area contributed by atoms with Crippen molar-refractivity contribution in [1.82, 2.24) is 4.90 Å². The smallest absolute Gasteiger partial charge is 0.335 e. The van der Waals surface area contributed by atoms with E-state index in [1.807, 2.05) is 30.3 Å². The van der Waals surface area contributed by atoms with Gasteiger partial charge in [0.1, 0.15) is 6.61 Å². The fourth-order valence-corrected chi connectivity index (χ4v) is 4.34. The quantitative estimate of drug-likeness (QED) is 0.402.